The number of alkyl halides is 3. The van der Waals surface area contributed by atoms with Gasteiger partial charge in [0.15, 0.2) is 10.9 Å². The number of Topliss-reactive ketones (excluding diaryl/α,β-unsaturated/α-hetero) is 1. The first kappa shape index (κ1) is 22.9. The van der Waals surface area contributed by atoms with Crippen molar-refractivity contribution in [3.63, 3.8) is 0 Å². The molecular formula is C22H21F4N3OS. The highest BCUT2D eigenvalue weighted by molar-refractivity contribution is 7.81. The van der Waals surface area contributed by atoms with Crippen molar-refractivity contribution in [2.45, 2.75) is 45.8 Å². The Labute approximate surface area is 183 Å². The first-order valence-electron chi connectivity index (χ1n) is 9.54. The first-order valence-corrected chi connectivity index (χ1v) is 9.95. The van der Waals surface area contributed by atoms with Gasteiger partial charge in [-0.05, 0) is 68.9 Å². The van der Waals surface area contributed by atoms with Crippen LogP contribution < -0.4 is 9.80 Å². The Morgan fingerprint density at radius 1 is 1.13 bits per heavy atom. The molecule has 1 fully saturated rings. The normalized spacial score (nSPS) is 16.3. The van der Waals surface area contributed by atoms with Crippen LogP contribution in [0.3, 0.4) is 0 Å². The Morgan fingerprint density at radius 2 is 1.74 bits per heavy atom. The zero-order valence-electron chi connectivity index (χ0n) is 17.4. The van der Waals surface area contributed by atoms with Gasteiger partial charge in [-0.15, -0.1) is 0 Å². The van der Waals surface area contributed by atoms with Gasteiger partial charge in [0.1, 0.15) is 11.7 Å². The van der Waals surface area contributed by atoms with Gasteiger partial charge in [-0.2, -0.15) is 13.2 Å². The molecule has 4 nitrogen and oxygen atoms in total. The lowest BCUT2D eigenvalue weighted by atomic mass is 10.0. The molecular weight excluding hydrogens is 430 g/mol. The monoisotopic (exact) mass is 451 g/mol. The Morgan fingerprint density at radius 3 is 2.29 bits per heavy atom. The van der Waals surface area contributed by atoms with Crippen molar-refractivity contribution in [1.29, 1.82) is 5.41 Å². The number of aryl methyl sites for hydroxylation is 1. The minimum atomic E-state index is -4.55. The van der Waals surface area contributed by atoms with Crippen molar-refractivity contribution in [1.82, 2.24) is 0 Å². The van der Waals surface area contributed by atoms with Gasteiger partial charge in [-0.3, -0.25) is 15.1 Å². The quantitative estimate of drug-likeness (QED) is 0.346. The van der Waals surface area contributed by atoms with E-state index >= 15 is 0 Å². The summed E-state index contributed by atoms with van der Waals surface area (Å²) in [6.45, 7) is 6.33. The zero-order valence-corrected chi connectivity index (χ0v) is 18.2. The SMILES string of the molecule is CCC(=O)c1ccc(N2C(=S)N(c3ccc(C)c(C(F)(F)F)c3)C(=N)C2(C)C)cc1F. The number of carbonyl (C=O) groups is 1. The van der Waals surface area contributed by atoms with E-state index in [1.807, 2.05) is 0 Å². The third kappa shape index (κ3) is 3.82. The van der Waals surface area contributed by atoms with Crippen LogP contribution in [0, 0.1) is 18.2 Å². The number of nitrogens with one attached hydrogen (secondary N) is 1. The highest BCUT2D eigenvalue weighted by Gasteiger charge is 2.48. The van der Waals surface area contributed by atoms with E-state index in [2.05, 4.69) is 0 Å². The fourth-order valence-corrected chi connectivity index (χ4v) is 4.13. The number of thiocarbonyl (C=S) groups is 1. The van der Waals surface area contributed by atoms with E-state index in [4.69, 9.17) is 17.6 Å². The van der Waals surface area contributed by atoms with Gasteiger partial charge in [0.2, 0.25) is 0 Å². The van der Waals surface area contributed by atoms with Crippen LogP contribution in [-0.4, -0.2) is 22.3 Å². The van der Waals surface area contributed by atoms with Crippen molar-refractivity contribution in [2.75, 3.05) is 9.80 Å². The summed E-state index contributed by atoms with van der Waals surface area (Å²) in [7, 11) is 0. The van der Waals surface area contributed by atoms with Gasteiger partial charge in [0.05, 0.1) is 22.4 Å². The topological polar surface area (TPSA) is 47.4 Å². The molecule has 0 aliphatic carbocycles. The number of nitrogens with zero attached hydrogens (tertiary/aromatic N) is 2. The minimum absolute atomic E-state index is 0.0425. The number of ketones is 1. The van der Waals surface area contributed by atoms with Crippen molar-refractivity contribution >= 4 is 40.3 Å². The van der Waals surface area contributed by atoms with Crippen LogP contribution in [0.15, 0.2) is 36.4 Å². The number of halogens is 4. The Kier molecular flexibility index (Phi) is 5.69. The number of benzene rings is 2. The highest BCUT2D eigenvalue weighted by Crippen LogP contribution is 2.40. The van der Waals surface area contributed by atoms with Crippen LogP contribution >= 0.6 is 12.2 Å². The maximum absolute atomic E-state index is 14.6. The molecule has 9 heteroatoms. The van der Waals surface area contributed by atoms with Gasteiger partial charge in [-0.25, -0.2) is 4.39 Å². The molecule has 1 aliphatic rings. The molecule has 0 radical (unpaired) electrons. The molecule has 2 aromatic rings. The van der Waals surface area contributed by atoms with E-state index in [1.165, 1.54) is 41.0 Å². The molecule has 164 valence electrons. The number of carbonyl (C=O) groups excluding carboxylic acids is 1. The predicted octanol–water partition coefficient (Wildman–Crippen LogP) is 6.11. The molecule has 0 atom stereocenters. The van der Waals surface area contributed by atoms with Crippen molar-refractivity contribution in [2.24, 2.45) is 0 Å². The summed E-state index contributed by atoms with van der Waals surface area (Å²) in [5, 5.41) is 8.64. The number of rotatable bonds is 4. The third-order valence-electron chi connectivity index (χ3n) is 5.36. The third-order valence-corrected chi connectivity index (χ3v) is 5.73. The highest BCUT2D eigenvalue weighted by atomic mass is 32.1. The van der Waals surface area contributed by atoms with E-state index in [0.717, 1.165) is 12.1 Å². The summed E-state index contributed by atoms with van der Waals surface area (Å²) in [5.74, 6) is -1.12. The van der Waals surface area contributed by atoms with E-state index < -0.39 is 23.1 Å². The van der Waals surface area contributed by atoms with Crippen LogP contribution in [0.25, 0.3) is 0 Å². The molecule has 0 amide bonds. The summed E-state index contributed by atoms with van der Waals surface area (Å²) < 4.78 is 54.8. The molecule has 0 saturated carbocycles. The Bertz CT molecular complexity index is 1090. The molecule has 0 bridgehead atoms. The fourth-order valence-electron chi connectivity index (χ4n) is 3.60. The van der Waals surface area contributed by atoms with E-state index in [9.17, 15) is 22.4 Å². The average Bonchev–Trinajstić information content (AvgIpc) is 2.85. The summed E-state index contributed by atoms with van der Waals surface area (Å²) in [5.41, 5.74) is -1.47. The molecule has 0 spiro atoms. The van der Waals surface area contributed by atoms with Gasteiger partial charge in [0.25, 0.3) is 0 Å². The predicted molar refractivity (Wildman–Crippen MR) is 117 cm³/mol. The second-order valence-corrected chi connectivity index (χ2v) is 8.16. The van der Waals surface area contributed by atoms with Crippen LogP contribution in [-0.2, 0) is 6.18 Å². The summed E-state index contributed by atoms with van der Waals surface area (Å²) in [6, 6.07) is 7.79. The van der Waals surface area contributed by atoms with Gasteiger partial charge in [0, 0.05) is 12.1 Å². The van der Waals surface area contributed by atoms with Crippen molar-refractivity contribution in [3.8, 4) is 0 Å². The van der Waals surface area contributed by atoms with Gasteiger partial charge in [-0.1, -0.05) is 13.0 Å². The lowest BCUT2D eigenvalue weighted by Gasteiger charge is -2.30. The molecule has 1 heterocycles. The smallest absolute Gasteiger partial charge is 0.305 e. The summed E-state index contributed by atoms with van der Waals surface area (Å²) >= 11 is 5.51. The van der Waals surface area contributed by atoms with Crippen molar-refractivity contribution in [3.05, 3.63) is 58.9 Å². The van der Waals surface area contributed by atoms with E-state index in [-0.39, 0.29) is 40.0 Å². The molecule has 0 aromatic heterocycles. The summed E-state index contributed by atoms with van der Waals surface area (Å²) in [6.07, 6.45) is -4.40. The lowest BCUT2D eigenvalue weighted by molar-refractivity contribution is -0.138. The number of anilines is 2. The Hall–Kier alpha value is -2.81. The second kappa shape index (κ2) is 7.71. The lowest BCUT2D eigenvalue weighted by Crippen LogP contribution is -2.44. The maximum Gasteiger partial charge on any atom is 0.416 e. The van der Waals surface area contributed by atoms with Crippen LogP contribution in [0.1, 0.15) is 48.7 Å². The largest absolute Gasteiger partial charge is 0.416 e. The van der Waals surface area contributed by atoms with Crippen LogP contribution in [0.2, 0.25) is 0 Å². The van der Waals surface area contributed by atoms with E-state index in [0.29, 0.717) is 5.69 Å². The van der Waals surface area contributed by atoms with Crippen molar-refractivity contribution < 1.29 is 22.4 Å². The molecule has 1 N–H and O–H groups in total. The first-order chi connectivity index (χ1) is 14.3. The second-order valence-electron chi connectivity index (χ2n) is 7.80. The van der Waals surface area contributed by atoms with E-state index in [1.54, 1.807) is 20.8 Å². The van der Waals surface area contributed by atoms with Crippen LogP contribution in [0.5, 0.6) is 0 Å². The number of amidine groups is 1. The summed E-state index contributed by atoms with van der Waals surface area (Å²) in [4.78, 5) is 14.6. The fraction of sp³-hybridized carbons (Fsp3) is 0.318. The number of hydrogen-bond donors (Lipinski definition) is 1. The average molecular weight is 451 g/mol. The maximum atomic E-state index is 14.6. The molecule has 3 rings (SSSR count). The van der Waals surface area contributed by atoms with Gasteiger partial charge >= 0.3 is 6.18 Å². The molecule has 2 aromatic carbocycles. The standard InChI is InChI=1S/C22H21F4N3OS/c1-5-18(30)15-9-8-14(11-17(15)23)29-20(31)28(19(27)21(29,3)4)13-7-6-12(2)16(10-13)22(24,25)26/h6-11,27H,5H2,1-4H3. The molecule has 1 aliphatic heterocycles. The van der Waals surface area contributed by atoms with Crippen LogP contribution in [0.4, 0.5) is 28.9 Å². The molecule has 1 saturated heterocycles. The molecule has 0 unspecified atom stereocenters. The van der Waals surface area contributed by atoms with Gasteiger partial charge < -0.3 is 4.90 Å². The molecule has 31 heavy (non-hydrogen) atoms. The number of hydrogen-bond acceptors (Lipinski definition) is 3. The zero-order chi connectivity index (χ0) is 23.3. The Balaban J connectivity index is 2.08. The minimum Gasteiger partial charge on any atom is -0.305 e.